The summed E-state index contributed by atoms with van der Waals surface area (Å²) in [5, 5.41) is 6.76. The van der Waals surface area contributed by atoms with Gasteiger partial charge in [-0.2, -0.15) is 0 Å². The number of anilines is 1. The maximum atomic E-state index is 12.4. The van der Waals surface area contributed by atoms with Crippen molar-refractivity contribution in [1.82, 2.24) is 15.0 Å². The quantitative estimate of drug-likeness (QED) is 0.800. The molecule has 0 spiro atoms. The van der Waals surface area contributed by atoms with Crippen molar-refractivity contribution in [2.75, 3.05) is 12.8 Å². The van der Waals surface area contributed by atoms with Crippen LogP contribution < -0.4 is 5.73 Å². The standard InChI is InChI=1S/C12H14N4O4S/c1-8-3-5-9(6-4-8)21(18,19)12-11(13)16(15-14-12)7-10(17)20-2/h3-6H,7,13H2,1-2H3. The molecule has 2 rings (SSSR count). The van der Waals surface area contributed by atoms with Crippen molar-refractivity contribution in [2.24, 2.45) is 0 Å². The number of nitrogens with zero attached hydrogens (tertiary/aromatic N) is 3. The Morgan fingerprint density at radius 2 is 1.95 bits per heavy atom. The molecule has 9 heteroatoms. The second-order valence-corrected chi connectivity index (χ2v) is 6.20. The van der Waals surface area contributed by atoms with Gasteiger partial charge in [-0.3, -0.25) is 4.79 Å². The van der Waals surface area contributed by atoms with Gasteiger partial charge in [-0.15, -0.1) is 5.10 Å². The minimum Gasteiger partial charge on any atom is -0.468 e. The number of rotatable bonds is 4. The van der Waals surface area contributed by atoms with Crippen LogP contribution in [0, 0.1) is 6.92 Å². The molecule has 2 N–H and O–H groups in total. The lowest BCUT2D eigenvalue weighted by atomic mass is 10.2. The monoisotopic (exact) mass is 310 g/mol. The third-order valence-electron chi connectivity index (χ3n) is 2.83. The van der Waals surface area contributed by atoms with E-state index in [1.165, 1.54) is 19.2 Å². The highest BCUT2D eigenvalue weighted by Gasteiger charge is 2.26. The van der Waals surface area contributed by atoms with Crippen molar-refractivity contribution in [1.29, 1.82) is 0 Å². The molecule has 0 aliphatic heterocycles. The number of ether oxygens (including phenoxy) is 1. The van der Waals surface area contributed by atoms with Crippen LogP contribution >= 0.6 is 0 Å². The zero-order chi connectivity index (χ0) is 15.6. The summed E-state index contributed by atoms with van der Waals surface area (Å²) >= 11 is 0. The van der Waals surface area contributed by atoms with E-state index in [1.807, 2.05) is 6.92 Å². The van der Waals surface area contributed by atoms with Gasteiger partial charge in [0, 0.05) is 0 Å². The zero-order valence-corrected chi connectivity index (χ0v) is 12.3. The van der Waals surface area contributed by atoms with E-state index < -0.39 is 15.8 Å². The smallest absolute Gasteiger partial charge is 0.327 e. The number of benzene rings is 1. The fourth-order valence-electron chi connectivity index (χ4n) is 1.63. The molecule has 2 aromatic rings. The topological polar surface area (TPSA) is 117 Å². The maximum absolute atomic E-state index is 12.4. The largest absolute Gasteiger partial charge is 0.468 e. The number of methoxy groups -OCH3 is 1. The van der Waals surface area contributed by atoms with Gasteiger partial charge in [-0.25, -0.2) is 13.1 Å². The molecule has 21 heavy (non-hydrogen) atoms. The normalized spacial score (nSPS) is 11.3. The molecule has 0 saturated heterocycles. The molecule has 1 heterocycles. The summed E-state index contributed by atoms with van der Waals surface area (Å²) in [7, 11) is -2.67. The van der Waals surface area contributed by atoms with Crippen molar-refractivity contribution in [3.8, 4) is 0 Å². The first kappa shape index (κ1) is 15.0. The van der Waals surface area contributed by atoms with Crippen LogP contribution in [-0.2, 0) is 25.9 Å². The molecular formula is C12H14N4O4S. The van der Waals surface area contributed by atoms with E-state index in [2.05, 4.69) is 15.0 Å². The molecule has 0 atom stereocenters. The van der Waals surface area contributed by atoms with E-state index in [1.54, 1.807) is 12.1 Å². The van der Waals surface area contributed by atoms with Crippen LogP contribution in [0.3, 0.4) is 0 Å². The fourth-order valence-corrected chi connectivity index (χ4v) is 2.87. The molecule has 0 aliphatic carbocycles. The van der Waals surface area contributed by atoms with Crippen molar-refractivity contribution in [3.63, 3.8) is 0 Å². The highest BCUT2D eigenvalue weighted by Crippen LogP contribution is 2.23. The Hall–Kier alpha value is -2.42. The van der Waals surface area contributed by atoms with Crippen molar-refractivity contribution >= 4 is 21.6 Å². The Labute approximate surface area is 121 Å². The molecule has 0 saturated carbocycles. The molecule has 1 aromatic heterocycles. The van der Waals surface area contributed by atoms with Gasteiger partial charge in [0.25, 0.3) is 0 Å². The molecule has 0 aliphatic rings. The summed E-state index contributed by atoms with van der Waals surface area (Å²) < 4.78 is 30.3. The van der Waals surface area contributed by atoms with Crippen LogP contribution in [0.1, 0.15) is 5.56 Å². The summed E-state index contributed by atoms with van der Waals surface area (Å²) in [5.74, 6) is -0.813. The Bertz CT molecular complexity index is 765. The van der Waals surface area contributed by atoms with Crippen LogP contribution in [0.25, 0.3) is 0 Å². The van der Waals surface area contributed by atoms with E-state index in [0.717, 1.165) is 10.2 Å². The van der Waals surface area contributed by atoms with Crippen molar-refractivity contribution < 1.29 is 17.9 Å². The highest BCUT2D eigenvalue weighted by atomic mass is 32.2. The number of sulfone groups is 1. The predicted molar refractivity (Wildman–Crippen MR) is 73.1 cm³/mol. The third kappa shape index (κ3) is 2.87. The molecule has 0 radical (unpaired) electrons. The molecule has 0 amide bonds. The summed E-state index contributed by atoms with van der Waals surface area (Å²) in [6.07, 6.45) is 0. The Morgan fingerprint density at radius 1 is 1.33 bits per heavy atom. The van der Waals surface area contributed by atoms with E-state index in [4.69, 9.17) is 5.73 Å². The molecular weight excluding hydrogens is 296 g/mol. The average Bonchev–Trinajstić information content (AvgIpc) is 2.81. The molecule has 8 nitrogen and oxygen atoms in total. The second kappa shape index (κ2) is 5.52. The predicted octanol–water partition coefficient (Wildman–Crippen LogP) is 0.175. The van der Waals surface area contributed by atoms with E-state index in [-0.39, 0.29) is 22.3 Å². The van der Waals surface area contributed by atoms with Crippen LogP contribution in [0.2, 0.25) is 0 Å². The Balaban J connectivity index is 2.42. The van der Waals surface area contributed by atoms with E-state index in [0.29, 0.717) is 0 Å². The summed E-state index contributed by atoms with van der Waals surface area (Å²) in [6.45, 7) is 1.54. The van der Waals surface area contributed by atoms with Gasteiger partial charge in [0.15, 0.2) is 5.82 Å². The fraction of sp³-hybridized carbons (Fsp3) is 0.250. The number of hydrogen-bond acceptors (Lipinski definition) is 7. The van der Waals surface area contributed by atoms with Crippen molar-refractivity contribution in [3.05, 3.63) is 29.8 Å². The zero-order valence-electron chi connectivity index (χ0n) is 11.5. The lowest BCUT2D eigenvalue weighted by molar-refractivity contribution is -0.141. The molecule has 0 fully saturated rings. The van der Waals surface area contributed by atoms with Gasteiger partial charge in [0.2, 0.25) is 14.9 Å². The second-order valence-electron chi connectivity index (χ2n) is 4.33. The molecule has 0 unspecified atom stereocenters. The van der Waals surface area contributed by atoms with Crippen LogP contribution in [0.4, 0.5) is 5.82 Å². The first-order chi connectivity index (χ1) is 9.86. The SMILES string of the molecule is COC(=O)Cn1nnc(S(=O)(=O)c2ccc(C)cc2)c1N. The van der Waals surface area contributed by atoms with Gasteiger partial charge in [0.05, 0.1) is 12.0 Å². The minimum atomic E-state index is -3.88. The number of nitrogens with two attached hydrogens (primary N) is 1. The number of carbonyl (C=O) groups is 1. The van der Waals surface area contributed by atoms with Crippen LogP contribution in [0.15, 0.2) is 34.2 Å². The first-order valence-corrected chi connectivity index (χ1v) is 7.42. The summed E-state index contributed by atoms with van der Waals surface area (Å²) in [6, 6.07) is 6.26. The lowest BCUT2D eigenvalue weighted by Crippen LogP contribution is -2.15. The van der Waals surface area contributed by atoms with Crippen LogP contribution in [0.5, 0.6) is 0 Å². The maximum Gasteiger partial charge on any atom is 0.327 e. The number of hydrogen-bond donors (Lipinski definition) is 1. The van der Waals surface area contributed by atoms with E-state index >= 15 is 0 Å². The highest BCUT2D eigenvalue weighted by molar-refractivity contribution is 7.91. The van der Waals surface area contributed by atoms with Gasteiger partial charge in [-0.1, -0.05) is 22.9 Å². The van der Waals surface area contributed by atoms with Gasteiger partial charge < -0.3 is 10.5 Å². The number of aromatic nitrogens is 3. The first-order valence-electron chi connectivity index (χ1n) is 5.94. The number of aryl methyl sites for hydroxylation is 1. The summed E-state index contributed by atoms with van der Waals surface area (Å²) in [4.78, 5) is 11.2. The Morgan fingerprint density at radius 3 is 2.52 bits per heavy atom. The average molecular weight is 310 g/mol. The molecule has 1 aromatic carbocycles. The van der Waals surface area contributed by atoms with Gasteiger partial charge >= 0.3 is 5.97 Å². The number of esters is 1. The number of nitrogen functional groups attached to an aromatic ring is 1. The molecule has 112 valence electrons. The number of carbonyl (C=O) groups excluding carboxylic acids is 1. The van der Waals surface area contributed by atoms with Crippen molar-refractivity contribution in [2.45, 2.75) is 23.4 Å². The van der Waals surface area contributed by atoms with Crippen LogP contribution in [-0.4, -0.2) is 36.5 Å². The lowest BCUT2D eigenvalue weighted by Gasteiger charge is -2.04. The minimum absolute atomic E-state index is 0.0601. The van der Waals surface area contributed by atoms with Gasteiger partial charge in [0.1, 0.15) is 6.54 Å². The van der Waals surface area contributed by atoms with E-state index in [9.17, 15) is 13.2 Å². The van der Waals surface area contributed by atoms with Gasteiger partial charge in [-0.05, 0) is 19.1 Å². The third-order valence-corrected chi connectivity index (χ3v) is 4.53. The molecule has 0 bridgehead atoms. The Kier molecular flexibility index (Phi) is 3.94. The summed E-state index contributed by atoms with van der Waals surface area (Å²) in [5.41, 5.74) is 6.64.